The third-order valence-corrected chi connectivity index (χ3v) is 2.41. The summed E-state index contributed by atoms with van der Waals surface area (Å²) in [7, 11) is 0. The first-order valence-corrected chi connectivity index (χ1v) is 5.73. The average molecular weight is 287 g/mol. The SMILES string of the molecule is NC(c1ccccc1)c1nc(COCC(F)(F)F)no1. The molecule has 0 amide bonds. The van der Waals surface area contributed by atoms with E-state index in [9.17, 15) is 13.2 Å². The number of halogens is 3. The van der Waals surface area contributed by atoms with Crippen LogP contribution in [0.3, 0.4) is 0 Å². The van der Waals surface area contributed by atoms with E-state index in [1.165, 1.54) is 0 Å². The molecule has 1 aromatic carbocycles. The summed E-state index contributed by atoms with van der Waals surface area (Å²) in [5.41, 5.74) is 6.67. The highest BCUT2D eigenvalue weighted by Crippen LogP contribution is 2.18. The fourth-order valence-electron chi connectivity index (χ4n) is 1.51. The summed E-state index contributed by atoms with van der Waals surface area (Å²) in [6, 6.07) is 8.39. The lowest BCUT2D eigenvalue weighted by molar-refractivity contribution is -0.177. The molecule has 108 valence electrons. The van der Waals surface area contributed by atoms with Gasteiger partial charge in [0.2, 0.25) is 5.89 Å². The molecule has 0 aliphatic heterocycles. The second-order valence-corrected chi connectivity index (χ2v) is 4.05. The van der Waals surface area contributed by atoms with Crippen LogP contribution in [0, 0.1) is 0 Å². The Morgan fingerprint density at radius 3 is 2.60 bits per heavy atom. The van der Waals surface area contributed by atoms with Crippen molar-refractivity contribution in [2.75, 3.05) is 6.61 Å². The van der Waals surface area contributed by atoms with Crippen LogP contribution in [-0.4, -0.2) is 22.9 Å². The molecule has 2 rings (SSSR count). The van der Waals surface area contributed by atoms with E-state index in [4.69, 9.17) is 10.3 Å². The Morgan fingerprint density at radius 2 is 1.95 bits per heavy atom. The Kier molecular flexibility index (Phi) is 4.35. The van der Waals surface area contributed by atoms with Crippen molar-refractivity contribution < 1.29 is 22.4 Å². The van der Waals surface area contributed by atoms with Gasteiger partial charge in [-0.1, -0.05) is 35.5 Å². The van der Waals surface area contributed by atoms with E-state index < -0.39 is 18.8 Å². The van der Waals surface area contributed by atoms with Gasteiger partial charge in [-0.15, -0.1) is 0 Å². The monoisotopic (exact) mass is 287 g/mol. The number of alkyl halides is 3. The molecule has 0 radical (unpaired) electrons. The fourth-order valence-corrected chi connectivity index (χ4v) is 1.51. The molecule has 1 aromatic heterocycles. The molecule has 0 aliphatic carbocycles. The van der Waals surface area contributed by atoms with E-state index in [1.807, 2.05) is 6.07 Å². The molecule has 0 fully saturated rings. The number of aromatic nitrogens is 2. The third-order valence-electron chi connectivity index (χ3n) is 2.41. The lowest BCUT2D eigenvalue weighted by Gasteiger charge is -2.06. The second-order valence-electron chi connectivity index (χ2n) is 4.05. The van der Waals surface area contributed by atoms with E-state index in [-0.39, 0.29) is 18.3 Å². The van der Waals surface area contributed by atoms with Crippen LogP contribution < -0.4 is 5.73 Å². The molecule has 2 N–H and O–H groups in total. The van der Waals surface area contributed by atoms with Crippen LogP contribution in [0.25, 0.3) is 0 Å². The van der Waals surface area contributed by atoms with Crippen LogP contribution in [-0.2, 0) is 11.3 Å². The quantitative estimate of drug-likeness (QED) is 0.912. The van der Waals surface area contributed by atoms with Crippen LogP contribution in [0.15, 0.2) is 34.9 Å². The van der Waals surface area contributed by atoms with Crippen molar-refractivity contribution in [1.82, 2.24) is 10.1 Å². The van der Waals surface area contributed by atoms with Crippen molar-refractivity contribution in [3.05, 3.63) is 47.6 Å². The summed E-state index contributed by atoms with van der Waals surface area (Å²) in [6.07, 6.45) is -4.38. The van der Waals surface area contributed by atoms with Crippen molar-refractivity contribution in [2.45, 2.75) is 18.8 Å². The minimum Gasteiger partial charge on any atom is -0.364 e. The molecule has 1 atom stereocenters. The lowest BCUT2D eigenvalue weighted by atomic mass is 10.1. The van der Waals surface area contributed by atoms with E-state index in [0.717, 1.165) is 5.56 Å². The average Bonchev–Trinajstić information content (AvgIpc) is 2.86. The van der Waals surface area contributed by atoms with Crippen LogP contribution in [0.1, 0.15) is 23.3 Å². The molecule has 8 heteroatoms. The topological polar surface area (TPSA) is 74.2 Å². The number of hydrogen-bond acceptors (Lipinski definition) is 5. The second kappa shape index (κ2) is 6.02. The van der Waals surface area contributed by atoms with Gasteiger partial charge in [0.25, 0.3) is 0 Å². The molecular formula is C12H12F3N3O2. The van der Waals surface area contributed by atoms with E-state index >= 15 is 0 Å². The summed E-state index contributed by atoms with van der Waals surface area (Å²) in [5, 5.41) is 3.52. The number of hydrogen-bond donors (Lipinski definition) is 1. The van der Waals surface area contributed by atoms with E-state index in [2.05, 4.69) is 14.9 Å². The van der Waals surface area contributed by atoms with Crippen molar-refractivity contribution in [1.29, 1.82) is 0 Å². The number of ether oxygens (including phenoxy) is 1. The zero-order valence-corrected chi connectivity index (χ0v) is 10.3. The zero-order chi connectivity index (χ0) is 14.6. The molecule has 5 nitrogen and oxygen atoms in total. The van der Waals surface area contributed by atoms with Gasteiger partial charge in [-0.25, -0.2) is 0 Å². The van der Waals surface area contributed by atoms with E-state index in [1.54, 1.807) is 24.3 Å². The molecule has 0 saturated heterocycles. The highest BCUT2D eigenvalue weighted by atomic mass is 19.4. The predicted molar refractivity (Wildman–Crippen MR) is 62.5 cm³/mol. The summed E-state index contributed by atoms with van der Waals surface area (Å²) < 4.78 is 45.1. The molecule has 0 spiro atoms. The van der Waals surface area contributed by atoms with Gasteiger partial charge in [0, 0.05) is 0 Å². The standard InChI is InChI=1S/C12H12F3N3O2/c13-12(14,15)7-19-6-9-17-11(20-18-9)10(16)8-4-2-1-3-5-8/h1-5,10H,6-7,16H2. The Morgan fingerprint density at radius 1 is 1.25 bits per heavy atom. The van der Waals surface area contributed by atoms with Gasteiger partial charge in [-0.05, 0) is 5.56 Å². The Hall–Kier alpha value is -1.93. The summed E-state index contributed by atoms with van der Waals surface area (Å²) in [6.45, 7) is -1.74. The van der Waals surface area contributed by atoms with Crippen LogP contribution in [0.2, 0.25) is 0 Å². The maximum atomic E-state index is 11.9. The number of nitrogens with two attached hydrogens (primary N) is 1. The smallest absolute Gasteiger partial charge is 0.364 e. The highest BCUT2D eigenvalue weighted by Gasteiger charge is 2.27. The molecule has 1 heterocycles. The van der Waals surface area contributed by atoms with Crippen LogP contribution in [0.5, 0.6) is 0 Å². The van der Waals surface area contributed by atoms with Gasteiger partial charge in [-0.3, -0.25) is 0 Å². The van der Waals surface area contributed by atoms with Gasteiger partial charge in [-0.2, -0.15) is 18.2 Å². The molecular weight excluding hydrogens is 275 g/mol. The largest absolute Gasteiger partial charge is 0.411 e. The number of nitrogens with zero attached hydrogens (tertiary/aromatic N) is 2. The maximum Gasteiger partial charge on any atom is 0.411 e. The minimum atomic E-state index is -4.38. The Bertz CT molecular complexity index is 542. The highest BCUT2D eigenvalue weighted by molar-refractivity contribution is 5.22. The van der Waals surface area contributed by atoms with Crippen molar-refractivity contribution >= 4 is 0 Å². The van der Waals surface area contributed by atoms with Gasteiger partial charge >= 0.3 is 6.18 Å². The molecule has 20 heavy (non-hydrogen) atoms. The summed E-state index contributed by atoms with van der Waals surface area (Å²) >= 11 is 0. The Labute approximate surface area is 112 Å². The fraction of sp³-hybridized carbons (Fsp3) is 0.333. The molecule has 0 bridgehead atoms. The van der Waals surface area contributed by atoms with Gasteiger partial charge in [0.05, 0.1) is 0 Å². The van der Waals surface area contributed by atoms with Gasteiger partial charge < -0.3 is 15.0 Å². The first-order valence-electron chi connectivity index (χ1n) is 5.73. The summed E-state index contributed by atoms with van der Waals surface area (Å²) in [4.78, 5) is 3.91. The first kappa shape index (κ1) is 14.5. The van der Waals surface area contributed by atoms with Gasteiger partial charge in [0.1, 0.15) is 19.3 Å². The Balaban J connectivity index is 1.95. The minimum absolute atomic E-state index is 0.0237. The van der Waals surface area contributed by atoms with Crippen LogP contribution in [0.4, 0.5) is 13.2 Å². The van der Waals surface area contributed by atoms with Crippen molar-refractivity contribution in [2.24, 2.45) is 5.73 Å². The first-order chi connectivity index (χ1) is 9.46. The number of benzene rings is 1. The molecule has 0 saturated carbocycles. The van der Waals surface area contributed by atoms with Crippen LogP contribution >= 0.6 is 0 Å². The van der Waals surface area contributed by atoms with Crippen molar-refractivity contribution in [3.8, 4) is 0 Å². The zero-order valence-electron chi connectivity index (χ0n) is 10.3. The molecule has 2 aromatic rings. The molecule has 1 unspecified atom stereocenters. The van der Waals surface area contributed by atoms with E-state index in [0.29, 0.717) is 0 Å². The summed E-state index contributed by atoms with van der Waals surface area (Å²) in [5.74, 6) is 0.150. The predicted octanol–water partition coefficient (Wildman–Crippen LogP) is 2.20. The number of rotatable bonds is 5. The molecule has 0 aliphatic rings. The lowest BCUT2D eigenvalue weighted by Crippen LogP contribution is -2.17. The maximum absolute atomic E-state index is 11.9. The third kappa shape index (κ3) is 4.04. The van der Waals surface area contributed by atoms with Crippen molar-refractivity contribution in [3.63, 3.8) is 0 Å². The normalized spacial score (nSPS) is 13.4. The van der Waals surface area contributed by atoms with Gasteiger partial charge in [0.15, 0.2) is 5.82 Å².